The average molecular weight is 386 g/mol. The number of benzene rings is 1. The van der Waals surface area contributed by atoms with Crippen molar-refractivity contribution in [2.75, 3.05) is 5.01 Å². The van der Waals surface area contributed by atoms with Crippen molar-refractivity contribution in [3.8, 4) is 0 Å². The molecule has 1 aromatic carbocycles. The lowest BCUT2D eigenvalue weighted by molar-refractivity contribution is -0.137. The fourth-order valence-electron chi connectivity index (χ4n) is 2.72. The summed E-state index contributed by atoms with van der Waals surface area (Å²) in [6, 6.07) is 11.2. The molecule has 0 saturated carbocycles. The topological polar surface area (TPSA) is 72.1 Å². The molecule has 1 amide bonds. The van der Waals surface area contributed by atoms with E-state index in [2.05, 4.69) is 9.97 Å². The summed E-state index contributed by atoms with van der Waals surface area (Å²) in [5, 5.41) is 0.711. The predicted octanol–water partition coefficient (Wildman–Crippen LogP) is 3.80. The van der Waals surface area contributed by atoms with Gasteiger partial charge >= 0.3 is 6.18 Å². The normalized spacial score (nSPS) is 11.3. The van der Waals surface area contributed by atoms with Gasteiger partial charge in [-0.25, -0.2) is 10.9 Å². The van der Waals surface area contributed by atoms with Crippen molar-refractivity contribution in [2.45, 2.75) is 19.0 Å². The first-order valence-electron chi connectivity index (χ1n) is 8.45. The smallest absolute Gasteiger partial charge is 0.267 e. The maximum atomic E-state index is 12.9. The van der Waals surface area contributed by atoms with E-state index in [4.69, 9.17) is 5.84 Å². The molecule has 3 rings (SSSR count). The van der Waals surface area contributed by atoms with Crippen molar-refractivity contribution in [2.24, 2.45) is 5.84 Å². The van der Waals surface area contributed by atoms with Gasteiger partial charge in [0.15, 0.2) is 0 Å². The molecule has 0 spiro atoms. The monoisotopic (exact) mass is 386 g/mol. The number of pyridine rings is 2. The van der Waals surface area contributed by atoms with E-state index in [1.807, 2.05) is 12.1 Å². The maximum Gasteiger partial charge on any atom is 0.416 e. The summed E-state index contributed by atoms with van der Waals surface area (Å²) < 4.78 is 38.8. The van der Waals surface area contributed by atoms with Crippen LogP contribution in [-0.4, -0.2) is 15.9 Å². The highest BCUT2D eigenvalue weighted by molar-refractivity contribution is 6.06. The number of anilines is 1. The second kappa shape index (κ2) is 8.18. The molecule has 0 aliphatic heterocycles. The Morgan fingerprint density at radius 1 is 1.00 bits per heavy atom. The number of rotatable bonds is 5. The third kappa shape index (κ3) is 4.52. The fourth-order valence-corrected chi connectivity index (χ4v) is 2.72. The summed E-state index contributed by atoms with van der Waals surface area (Å²) in [6.45, 7) is 0. The molecule has 0 atom stereocenters. The number of hydrazine groups is 1. The number of nitrogens with two attached hydrogens (primary N) is 1. The fraction of sp³-hybridized carbons (Fsp3) is 0.150. The zero-order valence-corrected chi connectivity index (χ0v) is 14.7. The Bertz CT molecular complexity index is 961. The summed E-state index contributed by atoms with van der Waals surface area (Å²) >= 11 is 0. The Kier molecular flexibility index (Phi) is 5.70. The molecule has 2 aromatic heterocycles. The lowest BCUT2D eigenvalue weighted by atomic mass is 10.0. The first-order valence-corrected chi connectivity index (χ1v) is 8.45. The zero-order chi connectivity index (χ0) is 20.1. The molecule has 3 aromatic rings. The largest absolute Gasteiger partial charge is 0.416 e. The summed E-state index contributed by atoms with van der Waals surface area (Å²) in [7, 11) is 0. The standard InChI is InChI=1S/C20H17F3N4O/c21-20(22,23)15-3-1-4-16(13-15)27(24)19(28)17-5-2-10-26-18(17)7-6-14-8-11-25-12-9-14/h1-5,8-13H,6-7,24H2. The first kappa shape index (κ1) is 19.5. The summed E-state index contributed by atoms with van der Waals surface area (Å²) in [5.41, 5.74) is 0.867. The molecule has 2 heterocycles. The van der Waals surface area contributed by atoms with Crippen LogP contribution in [0.2, 0.25) is 0 Å². The SMILES string of the molecule is NN(C(=O)c1cccnc1CCc1ccncc1)c1cccc(C(F)(F)F)c1. The summed E-state index contributed by atoms with van der Waals surface area (Å²) in [5.74, 6) is 5.21. The van der Waals surface area contributed by atoms with Gasteiger partial charge in [0.25, 0.3) is 5.91 Å². The van der Waals surface area contributed by atoms with E-state index >= 15 is 0 Å². The molecule has 0 aliphatic rings. The van der Waals surface area contributed by atoms with E-state index < -0.39 is 17.6 Å². The molecule has 0 unspecified atom stereocenters. The molecule has 144 valence electrons. The number of halogens is 3. The van der Waals surface area contributed by atoms with Crippen LogP contribution >= 0.6 is 0 Å². The van der Waals surface area contributed by atoms with Gasteiger partial charge in [0, 0.05) is 18.6 Å². The van der Waals surface area contributed by atoms with E-state index in [1.54, 1.807) is 30.7 Å². The molecule has 28 heavy (non-hydrogen) atoms. The predicted molar refractivity (Wildman–Crippen MR) is 98.3 cm³/mol. The Balaban J connectivity index is 1.82. The number of hydrogen-bond donors (Lipinski definition) is 1. The van der Waals surface area contributed by atoms with Crippen molar-refractivity contribution < 1.29 is 18.0 Å². The molecule has 0 aliphatic carbocycles. The summed E-state index contributed by atoms with van der Waals surface area (Å²) in [4.78, 5) is 21.0. The molecule has 8 heteroatoms. The number of aryl methyl sites for hydroxylation is 2. The van der Waals surface area contributed by atoms with Gasteiger partial charge in [-0.3, -0.25) is 14.8 Å². The number of aromatic nitrogens is 2. The van der Waals surface area contributed by atoms with Gasteiger partial charge in [-0.2, -0.15) is 13.2 Å². The Morgan fingerprint density at radius 3 is 2.46 bits per heavy atom. The second-order valence-electron chi connectivity index (χ2n) is 6.08. The third-order valence-corrected chi connectivity index (χ3v) is 4.19. The molecule has 0 bridgehead atoms. The second-order valence-corrected chi connectivity index (χ2v) is 6.08. The Hall–Kier alpha value is -3.26. The molecule has 0 saturated heterocycles. The van der Waals surface area contributed by atoms with Gasteiger partial charge in [0.1, 0.15) is 0 Å². The third-order valence-electron chi connectivity index (χ3n) is 4.19. The Morgan fingerprint density at radius 2 is 1.75 bits per heavy atom. The van der Waals surface area contributed by atoms with Crippen molar-refractivity contribution >= 4 is 11.6 Å². The van der Waals surface area contributed by atoms with Crippen LogP contribution in [0.3, 0.4) is 0 Å². The van der Waals surface area contributed by atoms with Gasteiger partial charge in [-0.05, 0) is 60.9 Å². The van der Waals surface area contributed by atoms with E-state index in [1.165, 1.54) is 12.1 Å². The van der Waals surface area contributed by atoms with Crippen molar-refractivity contribution in [3.05, 3.63) is 89.5 Å². The minimum absolute atomic E-state index is 0.0521. The average Bonchev–Trinajstić information content (AvgIpc) is 2.71. The number of hydrogen-bond acceptors (Lipinski definition) is 4. The lowest BCUT2D eigenvalue weighted by Crippen LogP contribution is -2.38. The minimum atomic E-state index is -4.52. The zero-order valence-electron chi connectivity index (χ0n) is 14.7. The number of amides is 1. The highest BCUT2D eigenvalue weighted by atomic mass is 19.4. The molecule has 2 N–H and O–H groups in total. The van der Waals surface area contributed by atoms with E-state index in [-0.39, 0.29) is 11.3 Å². The number of carbonyl (C=O) groups is 1. The van der Waals surface area contributed by atoms with Gasteiger partial charge in [-0.1, -0.05) is 6.07 Å². The lowest BCUT2D eigenvalue weighted by Gasteiger charge is -2.19. The van der Waals surface area contributed by atoms with Crippen molar-refractivity contribution in [1.29, 1.82) is 0 Å². The van der Waals surface area contributed by atoms with Crippen LogP contribution < -0.4 is 10.9 Å². The van der Waals surface area contributed by atoms with Gasteiger partial charge < -0.3 is 0 Å². The van der Waals surface area contributed by atoms with Crippen molar-refractivity contribution in [1.82, 2.24) is 9.97 Å². The van der Waals surface area contributed by atoms with Crippen LogP contribution in [0.15, 0.2) is 67.1 Å². The van der Waals surface area contributed by atoms with Gasteiger partial charge in [0.2, 0.25) is 0 Å². The van der Waals surface area contributed by atoms with Gasteiger partial charge in [-0.15, -0.1) is 0 Å². The molecular weight excluding hydrogens is 369 g/mol. The first-order chi connectivity index (χ1) is 13.4. The Labute approximate surface area is 159 Å². The van der Waals surface area contributed by atoms with Crippen LogP contribution in [0.1, 0.15) is 27.2 Å². The molecule has 5 nitrogen and oxygen atoms in total. The maximum absolute atomic E-state index is 12.9. The van der Waals surface area contributed by atoms with Crippen LogP contribution in [0.25, 0.3) is 0 Å². The summed E-state index contributed by atoms with van der Waals surface area (Å²) in [6.07, 6.45) is 1.49. The van der Waals surface area contributed by atoms with Gasteiger partial charge in [0.05, 0.1) is 22.5 Å². The van der Waals surface area contributed by atoms with E-state index in [0.717, 1.165) is 17.7 Å². The number of carbonyl (C=O) groups excluding carboxylic acids is 1. The number of nitrogens with zero attached hydrogens (tertiary/aromatic N) is 3. The highest BCUT2D eigenvalue weighted by Gasteiger charge is 2.31. The molecule has 0 radical (unpaired) electrons. The minimum Gasteiger partial charge on any atom is -0.267 e. The molecule has 0 fully saturated rings. The van der Waals surface area contributed by atoms with Crippen LogP contribution in [0, 0.1) is 0 Å². The highest BCUT2D eigenvalue weighted by Crippen LogP contribution is 2.31. The van der Waals surface area contributed by atoms with Crippen LogP contribution in [0.5, 0.6) is 0 Å². The number of alkyl halides is 3. The van der Waals surface area contributed by atoms with Crippen LogP contribution in [-0.2, 0) is 19.0 Å². The molecular formula is C20H17F3N4O. The van der Waals surface area contributed by atoms with Crippen molar-refractivity contribution in [3.63, 3.8) is 0 Å². The van der Waals surface area contributed by atoms with E-state index in [0.29, 0.717) is 23.5 Å². The quantitative estimate of drug-likeness (QED) is 0.411. The van der Waals surface area contributed by atoms with E-state index in [9.17, 15) is 18.0 Å². The van der Waals surface area contributed by atoms with Crippen LogP contribution in [0.4, 0.5) is 18.9 Å².